The summed E-state index contributed by atoms with van der Waals surface area (Å²) in [5.41, 5.74) is 1.93. The summed E-state index contributed by atoms with van der Waals surface area (Å²) in [4.78, 5) is 16.4. The molecule has 142 valence electrons. The van der Waals surface area contributed by atoms with Gasteiger partial charge in [0.2, 0.25) is 5.91 Å². The first-order chi connectivity index (χ1) is 12.5. The van der Waals surface area contributed by atoms with E-state index in [4.69, 9.17) is 9.73 Å². The minimum Gasteiger partial charge on any atom is -0.373 e. The number of aliphatic imine (C=N–C) groups is 1. The molecule has 3 atom stereocenters. The topological polar surface area (TPSA) is 74.8 Å². The molecule has 0 saturated carbocycles. The number of guanidine groups is 1. The van der Waals surface area contributed by atoms with Crippen molar-refractivity contribution in [3.63, 3.8) is 0 Å². The first-order valence-electron chi connectivity index (χ1n) is 9.65. The summed E-state index contributed by atoms with van der Waals surface area (Å²) in [7, 11) is 0. The molecule has 1 aromatic carbocycles. The summed E-state index contributed by atoms with van der Waals surface area (Å²) in [6, 6.07) is 8.22. The molecule has 2 heterocycles. The van der Waals surface area contributed by atoms with Gasteiger partial charge in [-0.05, 0) is 43.9 Å². The van der Waals surface area contributed by atoms with Crippen LogP contribution in [0.1, 0.15) is 45.6 Å². The van der Waals surface area contributed by atoms with Gasteiger partial charge in [0.15, 0.2) is 5.96 Å². The summed E-state index contributed by atoms with van der Waals surface area (Å²) in [6.07, 6.45) is 4.16. The highest BCUT2D eigenvalue weighted by atomic mass is 16.5. The highest BCUT2D eigenvalue weighted by molar-refractivity contribution is 5.92. The molecule has 6 heteroatoms. The number of carbonyl (C=O) groups excluding carboxylic acids is 1. The van der Waals surface area contributed by atoms with Gasteiger partial charge in [0.05, 0.1) is 24.8 Å². The molecule has 3 rings (SSSR count). The lowest BCUT2D eigenvalue weighted by Gasteiger charge is -2.22. The molecule has 1 amide bonds. The Morgan fingerprint density at radius 3 is 2.62 bits per heavy atom. The van der Waals surface area contributed by atoms with E-state index in [0.29, 0.717) is 24.8 Å². The van der Waals surface area contributed by atoms with Crippen molar-refractivity contribution in [2.75, 3.05) is 11.9 Å². The Balaban J connectivity index is 1.56. The largest absolute Gasteiger partial charge is 0.373 e. The number of nitrogens with zero attached hydrogens (tertiary/aromatic N) is 1. The summed E-state index contributed by atoms with van der Waals surface area (Å²) in [6.45, 7) is 7.26. The van der Waals surface area contributed by atoms with E-state index in [1.807, 2.05) is 38.1 Å². The third-order valence-corrected chi connectivity index (χ3v) is 4.94. The van der Waals surface area contributed by atoms with Crippen molar-refractivity contribution < 1.29 is 9.53 Å². The van der Waals surface area contributed by atoms with Gasteiger partial charge >= 0.3 is 0 Å². The van der Waals surface area contributed by atoms with E-state index in [0.717, 1.165) is 36.6 Å². The maximum absolute atomic E-state index is 11.7. The third kappa shape index (κ3) is 4.75. The van der Waals surface area contributed by atoms with Gasteiger partial charge in [-0.15, -0.1) is 0 Å². The van der Waals surface area contributed by atoms with Gasteiger partial charge in [0.1, 0.15) is 0 Å². The SMILES string of the molecule is CCNC(=NCc1ccc(NC(=O)C(C)C)cc1)NC1CC2CCC1O2. The Kier molecular flexibility index (Phi) is 6.14. The van der Waals surface area contributed by atoms with Crippen LogP contribution in [0.2, 0.25) is 0 Å². The fourth-order valence-electron chi connectivity index (χ4n) is 3.44. The highest BCUT2D eigenvalue weighted by Gasteiger charge is 2.41. The number of ether oxygens (including phenoxy) is 1. The van der Waals surface area contributed by atoms with Crippen LogP contribution < -0.4 is 16.0 Å². The van der Waals surface area contributed by atoms with Crippen LogP contribution in [-0.4, -0.2) is 36.7 Å². The number of rotatable bonds is 6. The number of carbonyl (C=O) groups is 1. The Hall–Kier alpha value is -2.08. The average Bonchev–Trinajstić information content (AvgIpc) is 3.24. The molecule has 2 saturated heterocycles. The summed E-state index contributed by atoms with van der Waals surface area (Å²) >= 11 is 0. The minimum atomic E-state index is -0.0251. The van der Waals surface area contributed by atoms with Crippen molar-refractivity contribution in [2.24, 2.45) is 10.9 Å². The number of amides is 1. The van der Waals surface area contributed by atoms with Crippen molar-refractivity contribution >= 4 is 17.6 Å². The molecule has 2 aliphatic rings. The second-order valence-electron chi connectivity index (χ2n) is 7.40. The second-order valence-corrected chi connectivity index (χ2v) is 7.40. The maximum Gasteiger partial charge on any atom is 0.226 e. The first kappa shape index (κ1) is 18.7. The standard InChI is InChI=1S/C20H30N4O2/c1-4-21-20(24-17-11-16-9-10-18(17)26-16)22-12-14-5-7-15(8-6-14)23-19(25)13(2)3/h5-8,13,16-18H,4,9-12H2,1-3H3,(H,23,25)(H2,21,22,24). The molecule has 3 N–H and O–H groups in total. The molecule has 0 radical (unpaired) electrons. The molecule has 3 unspecified atom stereocenters. The highest BCUT2D eigenvalue weighted by Crippen LogP contribution is 2.34. The molecule has 0 spiro atoms. The van der Waals surface area contributed by atoms with E-state index in [1.165, 1.54) is 6.42 Å². The van der Waals surface area contributed by atoms with Crippen LogP contribution in [-0.2, 0) is 16.1 Å². The molecule has 2 fully saturated rings. The lowest BCUT2D eigenvalue weighted by molar-refractivity contribution is -0.118. The molecule has 26 heavy (non-hydrogen) atoms. The molecular formula is C20H30N4O2. The molecule has 2 bridgehead atoms. The number of benzene rings is 1. The summed E-state index contributed by atoms with van der Waals surface area (Å²) in [5, 5.41) is 9.74. The molecule has 1 aromatic rings. The van der Waals surface area contributed by atoms with Gasteiger partial charge in [-0.2, -0.15) is 0 Å². The Bertz CT molecular complexity index is 642. The van der Waals surface area contributed by atoms with Gasteiger partial charge in [-0.3, -0.25) is 4.79 Å². The van der Waals surface area contributed by atoms with Crippen molar-refractivity contribution in [2.45, 2.75) is 64.8 Å². The van der Waals surface area contributed by atoms with E-state index in [9.17, 15) is 4.79 Å². The summed E-state index contributed by atoms with van der Waals surface area (Å²) < 4.78 is 5.91. The summed E-state index contributed by atoms with van der Waals surface area (Å²) in [5.74, 6) is 0.844. The van der Waals surface area contributed by atoms with E-state index in [2.05, 4.69) is 22.9 Å². The number of fused-ring (bicyclic) bond motifs is 2. The maximum atomic E-state index is 11.7. The predicted molar refractivity (Wildman–Crippen MR) is 104 cm³/mol. The Morgan fingerprint density at radius 1 is 1.27 bits per heavy atom. The van der Waals surface area contributed by atoms with Crippen LogP contribution >= 0.6 is 0 Å². The molecule has 2 aliphatic heterocycles. The van der Waals surface area contributed by atoms with Crippen LogP contribution in [0.25, 0.3) is 0 Å². The van der Waals surface area contributed by atoms with Crippen LogP contribution in [0.4, 0.5) is 5.69 Å². The van der Waals surface area contributed by atoms with Crippen molar-refractivity contribution in [1.29, 1.82) is 0 Å². The van der Waals surface area contributed by atoms with Gasteiger partial charge < -0.3 is 20.7 Å². The van der Waals surface area contributed by atoms with Crippen LogP contribution in [0, 0.1) is 5.92 Å². The minimum absolute atomic E-state index is 0.0251. The van der Waals surface area contributed by atoms with Gasteiger partial charge in [0.25, 0.3) is 0 Å². The Morgan fingerprint density at radius 2 is 2.04 bits per heavy atom. The molecule has 0 aromatic heterocycles. The van der Waals surface area contributed by atoms with Crippen molar-refractivity contribution in [1.82, 2.24) is 10.6 Å². The van der Waals surface area contributed by atoms with Crippen molar-refractivity contribution in [3.8, 4) is 0 Å². The Labute approximate surface area is 155 Å². The van der Waals surface area contributed by atoms with Crippen LogP contribution in [0.3, 0.4) is 0 Å². The quantitative estimate of drug-likeness (QED) is 0.540. The zero-order valence-corrected chi connectivity index (χ0v) is 15.9. The number of hydrogen-bond donors (Lipinski definition) is 3. The van der Waals surface area contributed by atoms with Crippen LogP contribution in [0.5, 0.6) is 0 Å². The number of hydrogen-bond acceptors (Lipinski definition) is 3. The van der Waals surface area contributed by atoms with E-state index in [1.54, 1.807) is 0 Å². The zero-order valence-electron chi connectivity index (χ0n) is 15.9. The second kappa shape index (κ2) is 8.54. The lowest BCUT2D eigenvalue weighted by Crippen LogP contribution is -2.47. The van der Waals surface area contributed by atoms with E-state index >= 15 is 0 Å². The van der Waals surface area contributed by atoms with Crippen molar-refractivity contribution in [3.05, 3.63) is 29.8 Å². The first-order valence-corrected chi connectivity index (χ1v) is 9.65. The molecule has 0 aliphatic carbocycles. The van der Waals surface area contributed by atoms with Gasteiger partial charge in [0, 0.05) is 18.2 Å². The molecule has 6 nitrogen and oxygen atoms in total. The number of nitrogens with one attached hydrogen (secondary N) is 3. The molecular weight excluding hydrogens is 328 g/mol. The van der Waals surface area contributed by atoms with Gasteiger partial charge in [-0.25, -0.2) is 4.99 Å². The number of anilines is 1. The zero-order chi connectivity index (χ0) is 18.5. The normalized spacial score (nSPS) is 24.8. The predicted octanol–water partition coefficient (Wildman–Crippen LogP) is 2.66. The third-order valence-electron chi connectivity index (χ3n) is 4.94. The van der Waals surface area contributed by atoms with Crippen LogP contribution in [0.15, 0.2) is 29.3 Å². The van der Waals surface area contributed by atoms with E-state index < -0.39 is 0 Å². The van der Waals surface area contributed by atoms with Gasteiger partial charge in [-0.1, -0.05) is 26.0 Å². The lowest BCUT2D eigenvalue weighted by atomic mass is 9.96. The smallest absolute Gasteiger partial charge is 0.226 e. The monoisotopic (exact) mass is 358 g/mol. The van der Waals surface area contributed by atoms with E-state index in [-0.39, 0.29) is 11.8 Å². The fraction of sp³-hybridized carbons (Fsp3) is 0.600. The average molecular weight is 358 g/mol. The fourth-order valence-corrected chi connectivity index (χ4v) is 3.44.